The molecule has 3 aromatic carbocycles. The molecule has 1 aliphatic rings. The molecule has 0 radical (unpaired) electrons. The average Bonchev–Trinajstić information content (AvgIpc) is 3.18. The summed E-state index contributed by atoms with van der Waals surface area (Å²) >= 11 is 0. The van der Waals surface area contributed by atoms with Crippen molar-refractivity contribution in [3.8, 4) is 11.1 Å². The van der Waals surface area contributed by atoms with E-state index in [0.29, 0.717) is 0 Å². The molecule has 0 aliphatic carbocycles. The molecule has 4 aromatic rings. The van der Waals surface area contributed by atoms with Gasteiger partial charge in [-0.15, -0.1) is 0 Å². The van der Waals surface area contributed by atoms with E-state index in [1.165, 1.54) is 22.2 Å². The van der Waals surface area contributed by atoms with E-state index in [1.807, 2.05) is 47.4 Å². The second-order valence-corrected chi connectivity index (χ2v) is 7.80. The number of anilines is 1. The van der Waals surface area contributed by atoms with E-state index in [4.69, 9.17) is 0 Å². The van der Waals surface area contributed by atoms with Crippen LogP contribution in [0.4, 0.5) is 10.5 Å². The fourth-order valence-electron chi connectivity index (χ4n) is 4.56. The van der Waals surface area contributed by atoms with Crippen molar-refractivity contribution >= 4 is 22.6 Å². The maximum Gasteiger partial charge on any atom is 0.322 e. The molecule has 150 valence electrons. The Morgan fingerprint density at radius 1 is 0.967 bits per heavy atom. The van der Waals surface area contributed by atoms with Crippen molar-refractivity contribution in [1.82, 2.24) is 9.88 Å². The Balaban J connectivity index is 1.36. The van der Waals surface area contributed by atoms with Crippen LogP contribution < -0.4 is 5.32 Å². The summed E-state index contributed by atoms with van der Waals surface area (Å²) < 4.78 is 0. The van der Waals surface area contributed by atoms with Crippen molar-refractivity contribution in [1.29, 1.82) is 0 Å². The highest BCUT2D eigenvalue weighted by molar-refractivity contribution is 5.91. The Labute approximate surface area is 176 Å². The smallest absolute Gasteiger partial charge is 0.322 e. The van der Waals surface area contributed by atoms with Crippen LogP contribution in [0.2, 0.25) is 0 Å². The van der Waals surface area contributed by atoms with Crippen molar-refractivity contribution in [3.63, 3.8) is 0 Å². The van der Waals surface area contributed by atoms with Crippen LogP contribution >= 0.6 is 0 Å². The zero-order valence-corrected chi connectivity index (χ0v) is 17.1. The van der Waals surface area contributed by atoms with Crippen molar-refractivity contribution in [2.45, 2.75) is 25.8 Å². The number of carbonyl (C=O) groups excluding carboxylic acids is 1. The van der Waals surface area contributed by atoms with Crippen LogP contribution in [-0.2, 0) is 6.42 Å². The van der Waals surface area contributed by atoms with Crippen LogP contribution in [0.25, 0.3) is 22.0 Å². The molecule has 1 atom stereocenters. The standard InChI is InChI=1S/C26H25N3O/c1-2-24-25-22(21-10-6-7-11-23(21)28-25)16-17-29(24)26(30)27-20-14-12-19(13-15-20)18-8-4-3-5-9-18/h3-15,24,28H,2,16-17H2,1H3,(H,27,30). The molecule has 0 bridgehead atoms. The predicted molar refractivity (Wildman–Crippen MR) is 123 cm³/mol. The molecular formula is C26H25N3O. The van der Waals surface area contributed by atoms with E-state index in [2.05, 4.69) is 53.6 Å². The Kier molecular flexibility index (Phi) is 4.75. The quantitative estimate of drug-likeness (QED) is 0.416. The zero-order valence-electron chi connectivity index (χ0n) is 17.1. The van der Waals surface area contributed by atoms with Gasteiger partial charge < -0.3 is 15.2 Å². The van der Waals surface area contributed by atoms with Crippen molar-refractivity contribution in [2.24, 2.45) is 0 Å². The molecule has 30 heavy (non-hydrogen) atoms. The fourth-order valence-corrected chi connectivity index (χ4v) is 4.56. The zero-order chi connectivity index (χ0) is 20.5. The number of aromatic amines is 1. The van der Waals surface area contributed by atoms with Gasteiger partial charge in [0.25, 0.3) is 0 Å². The number of aromatic nitrogens is 1. The molecule has 4 heteroatoms. The van der Waals surface area contributed by atoms with Gasteiger partial charge in [0.15, 0.2) is 0 Å². The number of hydrogen-bond acceptors (Lipinski definition) is 1. The molecule has 1 aromatic heterocycles. The maximum atomic E-state index is 13.1. The number of urea groups is 1. The maximum absolute atomic E-state index is 13.1. The van der Waals surface area contributed by atoms with E-state index in [1.54, 1.807) is 0 Å². The van der Waals surface area contributed by atoms with Crippen molar-refractivity contribution in [3.05, 3.63) is 90.1 Å². The molecule has 2 amide bonds. The number of para-hydroxylation sites is 1. The summed E-state index contributed by atoms with van der Waals surface area (Å²) in [5.41, 5.74) is 6.81. The molecule has 0 saturated carbocycles. The monoisotopic (exact) mass is 395 g/mol. The number of hydrogen-bond donors (Lipinski definition) is 2. The first-order valence-electron chi connectivity index (χ1n) is 10.6. The molecule has 2 heterocycles. The Bertz CT molecular complexity index is 1180. The number of fused-ring (bicyclic) bond motifs is 3. The molecule has 5 rings (SSSR count). The van der Waals surface area contributed by atoms with Crippen molar-refractivity contribution < 1.29 is 4.79 Å². The average molecular weight is 396 g/mol. The Morgan fingerprint density at radius 2 is 1.67 bits per heavy atom. The summed E-state index contributed by atoms with van der Waals surface area (Å²) in [6, 6.07) is 26.7. The minimum absolute atomic E-state index is 0.0429. The predicted octanol–water partition coefficient (Wildman–Crippen LogP) is 6.38. The lowest BCUT2D eigenvalue weighted by Gasteiger charge is -2.35. The summed E-state index contributed by atoms with van der Waals surface area (Å²) in [5.74, 6) is 0. The summed E-state index contributed by atoms with van der Waals surface area (Å²) in [4.78, 5) is 18.6. The van der Waals surface area contributed by atoms with Gasteiger partial charge in [0, 0.05) is 28.8 Å². The van der Waals surface area contributed by atoms with Gasteiger partial charge in [0.1, 0.15) is 0 Å². The number of H-pyrrole nitrogens is 1. The molecule has 0 fully saturated rings. The van der Waals surface area contributed by atoms with Gasteiger partial charge >= 0.3 is 6.03 Å². The van der Waals surface area contributed by atoms with Gasteiger partial charge in [-0.25, -0.2) is 4.79 Å². The lowest BCUT2D eigenvalue weighted by atomic mass is 9.96. The second-order valence-electron chi connectivity index (χ2n) is 7.80. The number of benzene rings is 3. The van der Waals surface area contributed by atoms with Gasteiger partial charge in [0.2, 0.25) is 0 Å². The topological polar surface area (TPSA) is 48.1 Å². The van der Waals surface area contributed by atoms with Gasteiger partial charge in [-0.1, -0.05) is 67.6 Å². The van der Waals surface area contributed by atoms with E-state index < -0.39 is 0 Å². The van der Waals surface area contributed by atoms with Gasteiger partial charge in [-0.05, 0) is 47.7 Å². The first-order valence-corrected chi connectivity index (χ1v) is 10.6. The minimum atomic E-state index is -0.0429. The minimum Gasteiger partial charge on any atom is -0.356 e. The van der Waals surface area contributed by atoms with Crippen LogP contribution in [0.5, 0.6) is 0 Å². The second kappa shape index (κ2) is 7.71. The van der Waals surface area contributed by atoms with E-state index >= 15 is 0 Å². The highest BCUT2D eigenvalue weighted by Gasteiger charge is 2.32. The number of carbonyl (C=O) groups is 1. The molecule has 1 unspecified atom stereocenters. The van der Waals surface area contributed by atoms with Crippen LogP contribution in [0.1, 0.15) is 30.6 Å². The number of amides is 2. The van der Waals surface area contributed by atoms with E-state index in [0.717, 1.165) is 36.2 Å². The summed E-state index contributed by atoms with van der Waals surface area (Å²) in [5, 5.41) is 4.37. The third kappa shape index (κ3) is 3.24. The lowest BCUT2D eigenvalue weighted by Crippen LogP contribution is -2.42. The van der Waals surface area contributed by atoms with Crippen molar-refractivity contribution in [2.75, 3.05) is 11.9 Å². The summed E-state index contributed by atoms with van der Waals surface area (Å²) in [6.07, 6.45) is 1.75. The summed E-state index contributed by atoms with van der Waals surface area (Å²) in [6.45, 7) is 2.86. The van der Waals surface area contributed by atoms with E-state index in [-0.39, 0.29) is 12.1 Å². The molecule has 0 spiro atoms. The molecule has 2 N–H and O–H groups in total. The van der Waals surface area contributed by atoms with Crippen LogP contribution in [0.3, 0.4) is 0 Å². The summed E-state index contributed by atoms with van der Waals surface area (Å²) in [7, 11) is 0. The van der Waals surface area contributed by atoms with Gasteiger partial charge in [0.05, 0.1) is 6.04 Å². The first kappa shape index (κ1) is 18.5. The number of rotatable bonds is 3. The van der Waals surface area contributed by atoms with Gasteiger partial charge in [-0.3, -0.25) is 0 Å². The SMILES string of the molecule is CCC1c2[nH]c3ccccc3c2CCN1C(=O)Nc1ccc(-c2ccccc2)cc1. The molecule has 1 aliphatic heterocycles. The van der Waals surface area contributed by atoms with Crippen LogP contribution in [0, 0.1) is 0 Å². The number of nitrogens with zero attached hydrogens (tertiary/aromatic N) is 1. The van der Waals surface area contributed by atoms with E-state index in [9.17, 15) is 4.79 Å². The molecule has 0 saturated heterocycles. The largest absolute Gasteiger partial charge is 0.356 e. The Hall–Kier alpha value is -3.53. The third-order valence-corrected chi connectivity index (χ3v) is 6.05. The molecular weight excluding hydrogens is 370 g/mol. The highest BCUT2D eigenvalue weighted by atomic mass is 16.2. The lowest BCUT2D eigenvalue weighted by molar-refractivity contribution is 0.179. The van der Waals surface area contributed by atoms with Crippen LogP contribution in [0.15, 0.2) is 78.9 Å². The fraction of sp³-hybridized carbons (Fsp3) is 0.192. The normalized spacial score (nSPS) is 15.8. The Morgan fingerprint density at radius 3 is 2.43 bits per heavy atom. The van der Waals surface area contributed by atoms with Crippen LogP contribution in [-0.4, -0.2) is 22.5 Å². The third-order valence-electron chi connectivity index (χ3n) is 6.05. The highest BCUT2D eigenvalue weighted by Crippen LogP contribution is 2.36. The first-order chi connectivity index (χ1) is 14.7. The van der Waals surface area contributed by atoms with Gasteiger partial charge in [-0.2, -0.15) is 0 Å². The molecule has 4 nitrogen and oxygen atoms in total. The number of nitrogens with one attached hydrogen (secondary N) is 2.